The van der Waals surface area contributed by atoms with Crippen molar-refractivity contribution in [2.45, 2.75) is 31.4 Å². The van der Waals surface area contributed by atoms with Gasteiger partial charge in [0.1, 0.15) is 6.10 Å². The molecule has 1 aliphatic heterocycles. The average molecular weight is 296 g/mol. The highest BCUT2D eigenvalue weighted by atomic mass is 35.5. The molecule has 1 aliphatic rings. The topological polar surface area (TPSA) is 74.2 Å². The van der Waals surface area contributed by atoms with Crippen molar-refractivity contribution in [2.75, 3.05) is 6.61 Å². The van der Waals surface area contributed by atoms with Crippen molar-refractivity contribution in [3.8, 4) is 0 Å². The maximum atomic E-state index is 6.13. The van der Waals surface area contributed by atoms with Gasteiger partial charge < -0.3 is 15.0 Å². The summed E-state index contributed by atoms with van der Waals surface area (Å²) in [6.45, 7) is 0.776. The molecule has 0 amide bonds. The first kappa shape index (κ1) is 15.0. The lowest BCUT2D eigenvalue weighted by Gasteiger charge is -2.08. The van der Waals surface area contributed by atoms with Crippen molar-refractivity contribution in [3.05, 3.63) is 47.6 Å². The molecule has 20 heavy (non-hydrogen) atoms. The Kier molecular flexibility index (Phi) is 5.11. The van der Waals surface area contributed by atoms with Gasteiger partial charge in [0.2, 0.25) is 11.7 Å². The number of rotatable bonds is 4. The van der Waals surface area contributed by atoms with Gasteiger partial charge in [0, 0.05) is 19.1 Å². The zero-order valence-corrected chi connectivity index (χ0v) is 11.9. The monoisotopic (exact) mass is 295 g/mol. The van der Waals surface area contributed by atoms with Crippen LogP contribution in [0.2, 0.25) is 0 Å². The summed E-state index contributed by atoms with van der Waals surface area (Å²) in [7, 11) is 0. The smallest absolute Gasteiger partial charge is 0.228 e. The number of nitrogens with zero attached hydrogens (tertiary/aromatic N) is 2. The van der Waals surface area contributed by atoms with Gasteiger partial charge in [-0.05, 0) is 18.4 Å². The van der Waals surface area contributed by atoms with Crippen LogP contribution in [-0.4, -0.2) is 16.7 Å². The van der Waals surface area contributed by atoms with Gasteiger partial charge in [-0.25, -0.2) is 0 Å². The Balaban J connectivity index is 0.00000147. The first-order chi connectivity index (χ1) is 9.33. The van der Waals surface area contributed by atoms with E-state index in [0.29, 0.717) is 18.1 Å². The maximum Gasteiger partial charge on any atom is 0.228 e. The van der Waals surface area contributed by atoms with Crippen molar-refractivity contribution < 1.29 is 9.26 Å². The summed E-state index contributed by atoms with van der Waals surface area (Å²) in [5.74, 6) is 1.22. The number of halogens is 1. The zero-order valence-electron chi connectivity index (χ0n) is 11.1. The summed E-state index contributed by atoms with van der Waals surface area (Å²) in [5, 5.41) is 3.98. The maximum absolute atomic E-state index is 6.13. The van der Waals surface area contributed by atoms with Gasteiger partial charge >= 0.3 is 0 Å². The molecular formula is C14H18ClN3O2. The molecule has 2 atom stereocenters. The second-order valence-electron chi connectivity index (χ2n) is 4.77. The van der Waals surface area contributed by atoms with Crippen molar-refractivity contribution in [1.29, 1.82) is 0 Å². The summed E-state index contributed by atoms with van der Waals surface area (Å²) in [5.41, 5.74) is 7.20. The number of hydrogen-bond acceptors (Lipinski definition) is 5. The quantitative estimate of drug-likeness (QED) is 0.938. The van der Waals surface area contributed by atoms with E-state index in [4.69, 9.17) is 15.0 Å². The van der Waals surface area contributed by atoms with Gasteiger partial charge in [0.25, 0.3) is 0 Å². The Morgan fingerprint density at radius 3 is 2.80 bits per heavy atom. The molecule has 0 saturated carbocycles. The summed E-state index contributed by atoms with van der Waals surface area (Å²) in [6.07, 6.45) is 2.55. The van der Waals surface area contributed by atoms with E-state index in [-0.39, 0.29) is 24.6 Å². The average Bonchev–Trinajstić information content (AvgIpc) is 3.10. The van der Waals surface area contributed by atoms with Gasteiger partial charge in [0.05, 0.1) is 0 Å². The standard InChI is InChI=1S/C14H17N3O2.ClH/c15-11(10-5-2-1-3-6-10)9-13-16-14(17-19-13)12-7-4-8-18-12;/h1-3,5-6,11-12H,4,7-9,15H2;1H. The minimum Gasteiger partial charge on any atom is -0.370 e. The lowest BCUT2D eigenvalue weighted by Crippen LogP contribution is -2.13. The highest BCUT2D eigenvalue weighted by Gasteiger charge is 2.23. The van der Waals surface area contributed by atoms with Crippen LogP contribution in [0, 0.1) is 0 Å². The summed E-state index contributed by atoms with van der Waals surface area (Å²) >= 11 is 0. The van der Waals surface area contributed by atoms with Crippen LogP contribution in [0.15, 0.2) is 34.9 Å². The lowest BCUT2D eigenvalue weighted by molar-refractivity contribution is 0.103. The fourth-order valence-corrected chi connectivity index (χ4v) is 2.27. The van der Waals surface area contributed by atoms with Crippen molar-refractivity contribution in [3.63, 3.8) is 0 Å². The Morgan fingerprint density at radius 2 is 2.10 bits per heavy atom. The Morgan fingerprint density at radius 1 is 1.30 bits per heavy atom. The van der Waals surface area contributed by atoms with Gasteiger partial charge in [0.15, 0.2) is 0 Å². The molecule has 2 N–H and O–H groups in total. The van der Waals surface area contributed by atoms with E-state index in [1.165, 1.54) is 0 Å². The van der Waals surface area contributed by atoms with Gasteiger partial charge in [-0.2, -0.15) is 4.98 Å². The van der Waals surface area contributed by atoms with Gasteiger partial charge in [-0.1, -0.05) is 35.5 Å². The number of aromatic nitrogens is 2. The van der Waals surface area contributed by atoms with E-state index in [1.807, 2.05) is 30.3 Å². The highest BCUT2D eigenvalue weighted by Crippen LogP contribution is 2.26. The first-order valence-electron chi connectivity index (χ1n) is 6.57. The molecule has 1 fully saturated rings. The molecule has 1 aromatic heterocycles. The van der Waals surface area contributed by atoms with E-state index < -0.39 is 0 Å². The number of ether oxygens (including phenoxy) is 1. The normalized spacial score (nSPS) is 19.6. The third-order valence-corrected chi connectivity index (χ3v) is 3.32. The van der Waals surface area contributed by atoms with Crippen LogP contribution in [0.1, 0.15) is 42.3 Å². The zero-order chi connectivity index (χ0) is 13.1. The lowest BCUT2D eigenvalue weighted by atomic mass is 10.1. The first-order valence-corrected chi connectivity index (χ1v) is 6.57. The summed E-state index contributed by atoms with van der Waals surface area (Å²) < 4.78 is 10.8. The van der Waals surface area contributed by atoms with Crippen LogP contribution in [0.5, 0.6) is 0 Å². The molecule has 2 unspecified atom stereocenters. The van der Waals surface area contributed by atoms with E-state index in [2.05, 4.69) is 10.1 Å². The molecule has 2 aromatic rings. The molecule has 0 spiro atoms. The molecule has 2 heterocycles. The van der Waals surface area contributed by atoms with Crippen LogP contribution in [0.3, 0.4) is 0 Å². The second-order valence-corrected chi connectivity index (χ2v) is 4.77. The fourth-order valence-electron chi connectivity index (χ4n) is 2.27. The Labute approximate surface area is 123 Å². The van der Waals surface area contributed by atoms with Crippen LogP contribution in [0.25, 0.3) is 0 Å². The summed E-state index contributed by atoms with van der Waals surface area (Å²) in [4.78, 5) is 4.37. The molecule has 0 radical (unpaired) electrons. The van der Waals surface area contributed by atoms with Gasteiger partial charge in [-0.3, -0.25) is 0 Å². The van der Waals surface area contributed by atoms with E-state index >= 15 is 0 Å². The van der Waals surface area contributed by atoms with Crippen LogP contribution < -0.4 is 5.73 Å². The molecule has 3 rings (SSSR count). The molecule has 108 valence electrons. The van der Waals surface area contributed by atoms with Crippen molar-refractivity contribution >= 4 is 12.4 Å². The minimum atomic E-state index is -0.126. The third kappa shape index (κ3) is 3.36. The number of hydrogen-bond donors (Lipinski definition) is 1. The van der Waals surface area contributed by atoms with Gasteiger partial charge in [-0.15, -0.1) is 12.4 Å². The molecule has 6 heteroatoms. The number of benzene rings is 1. The molecule has 0 bridgehead atoms. The Hall–Kier alpha value is -1.43. The van der Waals surface area contributed by atoms with E-state index in [9.17, 15) is 0 Å². The number of nitrogens with two attached hydrogens (primary N) is 1. The Bertz CT molecular complexity index is 526. The van der Waals surface area contributed by atoms with Crippen molar-refractivity contribution in [2.24, 2.45) is 5.73 Å². The van der Waals surface area contributed by atoms with E-state index in [1.54, 1.807) is 0 Å². The third-order valence-electron chi connectivity index (χ3n) is 3.32. The largest absolute Gasteiger partial charge is 0.370 e. The van der Waals surface area contributed by atoms with Crippen molar-refractivity contribution in [1.82, 2.24) is 10.1 Å². The SMILES string of the molecule is Cl.NC(Cc1nc(C2CCCO2)no1)c1ccccc1. The minimum absolute atomic E-state index is 0. The molecule has 1 saturated heterocycles. The molecular weight excluding hydrogens is 278 g/mol. The fraction of sp³-hybridized carbons (Fsp3) is 0.429. The van der Waals surface area contributed by atoms with Crippen LogP contribution >= 0.6 is 12.4 Å². The van der Waals surface area contributed by atoms with Crippen LogP contribution in [-0.2, 0) is 11.2 Å². The molecule has 0 aliphatic carbocycles. The highest BCUT2D eigenvalue weighted by molar-refractivity contribution is 5.85. The van der Waals surface area contributed by atoms with E-state index in [0.717, 1.165) is 25.0 Å². The summed E-state index contributed by atoms with van der Waals surface area (Å²) in [6, 6.07) is 9.79. The molecule has 1 aromatic carbocycles. The second kappa shape index (κ2) is 6.83. The predicted octanol–water partition coefficient (Wildman–Crippen LogP) is 2.59. The predicted molar refractivity (Wildman–Crippen MR) is 76.5 cm³/mol. The van der Waals surface area contributed by atoms with Crippen LogP contribution in [0.4, 0.5) is 0 Å². The molecule has 5 nitrogen and oxygen atoms in total.